The number of nitrogens with zero attached hydrogens (tertiary/aromatic N) is 2. The molecular weight excluding hydrogens is 408 g/mol. The maximum Gasteiger partial charge on any atom is 0.337 e. The van der Waals surface area contributed by atoms with Crippen LogP contribution in [0.3, 0.4) is 0 Å². The molecular formula is C25H26N2O3S. The van der Waals surface area contributed by atoms with Crippen molar-refractivity contribution in [1.82, 2.24) is 9.13 Å². The maximum absolute atomic E-state index is 13.6. The first-order valence-electron chi connectivity index (χ1n) is 10.4. The Labute approximate surface area is 185 Å². The van der Waals surface area contributed by atoms with E-state index in [1.165, 1.54) is 15.9 Å². The van der Waals surface area contributed by atoms with Crippen LogP contribution in [-0.2, 0) is 6.54 Å². The molecule has 5 nitrogen and oxygen atoms in total. The van der Waals surface area contributed by atoms with Crippen LogP contribution in [0.5, 0.6) is 5.75 Å². The molecule has 31 heavy (non-hydrogen) atoms. The Morgan fingerprint density at radius 1 is 0.968 bits per heavy atom. The van der Waals surface area contributed by atoms with Crippen molar-refractivity contribution in [1.29, 1.82) is 0 Å². The summed E-state index contributed by atoms with van der Waals surface area (Å²) in [5.41, 5.74) is 4.20. The minimum absolute atomic E-state index is 0.275. The predicted octanol–water partition coefficient (Wildman–Crippen LogP) is 4.89. The molecule has 0 fully saturated rings. The van der Waals surface area contributed by atoms with E-state index >= 15 is 0 Å². The van der Waals surface area contributed by atoms with Crippen LogP contribution in [0, 0.1) is 27.7 Å². The zero-order valence-electron chi connectivity index (χ0n) is 18.5. The summed E-state index contributed by atoms with van der Waals surface area (Å²) in [5.74, 6) is 0.707. The Morgan fingerprint density at radius 2 is 1.68 bits per heavy atom. The molecule has 0 N–H and O–H groups in total. The van der Waals surface area contributed by atoms with Gasteiger partial charge in [0.1, 0.15) is 10.6 Å². The van der Waals surface area contributed by atoms with Crippen LogP contribution < -0.4 is 16.0 Å². The molecule has 4 rings (SSSR count). The summed E-state index contributed by atoms with van der Waals surface area (Å²) in [6.45, 7) is 10.9. The molecule has 0 saturated heterocycles. The van der Waals surface area contributed by atoms with Gasteiger partial charge in [-0.15, -0.1) is 11.3 Å². The Morgan fingerprint density at radius 3 is 2.35 bits per heavy atom. The highest BCUT2D eigenvalue weighted by molar-refractivity contribution is 7.18. The highest BCUT2D eigenvalue weighted by atomic mass is 32.1. The number of fused-ring (bicyclic) bond motifs is 1. The van der Waals surface area contributed by atoms with Crippen molar-refractivity contribution in [2.45, 2.75) is 41.2 Å². The maximum atomic E-state index is 13.6. The van der Waals surface area contributed by atoms with Crippen LogP contribution in [0.25, 0.3) is 15.9 Å². The molecule has 4 aromatic rings. The molecule has 160 valence electrons. The zero-order chi connectivity index (χ0) is 22.3. The van der Waals surface area contributed by atoms with Crippen LogP contribution in [0.1, 0.15) is 34.1 Å². The molecule has 0 unspecified atom stereocenters. The fraction of sp³-hybridized carbons (Fsp3) is 0.280. The highest BCUT2D eigenvalue weighted by Gasteiger charge is 2.20. The quantitative estimate of drug-likeness (QED) is 0.449. The third-order valence-corrected chi connectivity index (χ3v) is 6.92. The lowest BCUT2D eigenvalue weighted by molar-refractivity contribution is 0.340. The van der Waals surface area contributed by atoms with Crippen molar-refractivity contribution in [3.05, 3.63) is 90.4 Å². The Balaban J connectivity index is 1.99. The minimum Gasteiger partial charge on any atom is -0.494 e. The number of hydrogen-bond donors (Lipinski definition) is 0. The molecule has 2 heterocycles. The lowest BCUT2D eigenvalue weighted by atomic mass is 10.1. The van der Waals surface area contributed by atoms with Crippen molar-refractivity contribution in [3.8, 4) is 11.4 Å². The molecule has 0 aliphatic carbocycles. The van der Waals surface area contributed by atoms with Crippen molar-refractivity contribution >= 4 is 21.6 Å². The third-order valence-electron chi connectivity index (χ3n) is 5.69. The van der Waals surface area contributed by atoms with Gasteiger partial charge in [0.2, 0.25) is 0 Å². The molecule has 0 bridgehead atoms. The molecule has 0 atom stereocenters. The summed E-state index contributed by atoms with van der Waals surface area (Å²) in [4.78, 5) is 28.9. The highest BCUT2D eigenvalue weighted by Crippen LogP contribution is 2.28. The van der Waals surface area contributed by atoms with Crippen molar-refractivity contribution in [2.75, 3.05) is 6.61 Å². The second kappa shape index (κ2) is 8.19. The second-order valence-electron chi connectivity index (χ2n) is 7.83. The van der Waals surface area contributed by atoms with Gasteiger partial charge in [-0.25, -0.2) is 9.36 Å². The zero-order valence-corrected chi connectivity index (χ0v) is 19.3. The lowest BCUT2D eigenvalue weighted by Gasteiger charge is -2.14. The molecule has 0 spiro atoms. The van der Waals surface area contributed by atoms with E-state index in [4.69, 9.17) is 4.74 Å². The Kier molecular flexibility index (Phi) is 5.58. The summed E-state index contributed by atoms with van der Waals surface area (Å²) in [5, 5.41) is 0.612. The van der Waals surface area contributed by atoms with E-state index < -0.39 is 0 Å². The Bertz CT molecular complexity index is 1390. The van der Waals surface area contributed by atoms with Crippen molar-refractivity contribution in [2.24, 2.45) is 0 Å². The number of rotatable bonds is 5. The van der Waals surface area contributed by atoms with E-state index in [1.54, 1.807) is 28.8 Å². The number of thiophene rings is 1. The first-order chi connectivity index (χ1) is 14.8. The van der Waals surface area contributed by atoms with E-state index in [1.807, 2.05) is 34.6 Å². The first kappa shape index (κ1) is 21.1. The smallest absolute Gasteiger partial charge is 0.337 e. The van der Waals surface area contributed by atoms with E-state index in [0.29, 0.717) is 30.0 Å². The lowest BCUT2D eigenvalue weighted by Crippen LogP contribution is -2.39. The summed E-state index contributed by atoms with van der Waals surface area (Å²) in [6, 6.07) is 13.3. The molecule has 0 radical (unpaired) electrons. The fourth-order valence-electron chi connectivity index (χ4n) is 3.82. The SMILES string of the molecule is CCOc1ccc(-n2c(=O)c3c(C)c(C)sc3n(Cc3cc(C)ccc3C)c2=O)cc1. The van der Waals surface area contributed by atoms with Gasteiger partial charge < -0.3 is 4.74 Å². The molecule has 6 heteroatoms. The van der Waals surface area contributed by atoms with E-state index in [-0.39, 0.29) is 11.2 Å². The Hall–Kier alpha value is -3.12. The van der Waals surface area contributed by atoms with Gasteiger partial charge in [0.15, 0.2) is 0 Å². The average molecular weight is 435 g/mol. The topological polar surface area (TPSA) is 53.2 Å². The number of benzene rings is 2. The summed E-state index contributed by atoms with van der Waals surface area (Å²) in [6.07, 6.45) is 0. The summed E-state index contributed by atoms with van der Waals surface area (Å²) >= 11 is 1.51. The minimum atomic E-state index is -0.330. The van der Waals surface area contributed by atoms with Gasteiger partial charge in [0.05, 0.1) is 24.2 Å². The van der Waals surface area contributed by atoms with E-state index in [0.717, 1.165) is 32.0 Å². The normalized spacial score (nSPS) is 11.3. The number of hydrogen-bond acceptors (Lipinski definition) is 4. The largest absolute Gasteiger partial charge is 0.494 e. The van der Waals surface area contributed by atoms with Gasteiger partial charge in [-0.1, -0.05) is 23.8 Å². The molecule has 2 aromatic heterocycles. The van der Waals surface area contributed by atoms with E-state index in [2.05, 4.69) is 18.2 Å². The van der Waals surface area contributed by atoms with Crippen molar-refractivity contribution < 1.29 is 4.74 Å². The first-order valence-corrected chi connectivity index (χ1v) is 11.2. The van der Waals surface area contributed by atoms with Crippen LogP contribution in [0.4, 0.5) is 0 Å². The molecule has 0 aliphatic rings. The van der Waals surface area contributed by atoms with Crippen LogP contribution >= 0.6 is 11.3 Å². The number of ether oxygens (including phenoxy) is 1. The van der Waals surface area contributed by atoms with Gasteiger partial charge >= 0.3 is 5.69 Å². The molecule has 0 amide bonds. The van der Waals surface area contributed by atoms with Crippen LogP contribution in [0.15, 0.2) is 52.1 Å². The third kappa shape index (κ3) is 3.72. The summed E-state index contributed by atoms with van der Waals surface area (Å²) in [7, 11) is 0. The molecule has 0 saturated carbocycles. The fourth-order valence-corrected chi connectivity index (χ4v) is 4.96. The monoisotopic (exact) mass is 434 g/mol. The standard InChI is InChI=1S/C25H26N2O3S/c1-6-30-21-11-9-20(10-12-21)27-23(28)22-17(4)18(5)31-24(22)26(25(27)29)14-19-13-15(2)7-8-16(19)3/h7-13H,6,14H2,1-5H3. The van der Waals surface area contributed by atoms with Gasteiger partial charge in [-0.05, 0) is 75.6 Å². The van der Waals surface area contributed by atoms with Gasteiger partial charge in [0, 0.05) is 4.88 Å². The number of aromatic nitrogens is 2. The van der Waals surface area contributed by atoms with Crippen molar-refractivity contribution in [3.63, 3.8) is 0 Å². The predicted molar refractivity (Wildman–Crippen MR) is 127 cm³/mol. The van der Waals surface area contributed by atoms with Gasteiger partial charge in [-0.2, -0.15) is 0 Å². The van der Waals surface area contributed by atoms with Crippen LogP contribution in [-0.4, -0.2) is 15.7 Å². The van der Waals surface area contributed by atoms with E-state index in [9.17, 15) is 9.59 Å². The van der Waals surface area contributed by atoms with Gasteiger partial charge in [0.25, 0.3) is 5.56 Å². The second-order valence-corrected chi connectivity index (χ2v) is 9.03. The summed E-state index contributed by atoms with van der Waals surface area (Å²) < 4.78 is 8.52. The molecule has 0 aliphatic heterocycles. The number of aryl methyl sites for hydroxylation is 4. The van der Waals surface area contributed by atoms with Crippen LogP contribution in [0.2, 0.25) is 0 Å². The average Bonchev–Trinajstić information content (AvgIpc) is 3.04. The molecule has 2 aromatic carbocycles. The van der Waals surface area contributed by atoms with Gasteiger partial charge in [-0.3, -0.25) is 9.36 Å².